The second-order valence-corrected chi connectivity index (χ2v) is 5.76. The van der Waals surface area contributed by atoms with Crippen LogP contribution in [0.4, 0.5) is 0 Å². The van der Waals surface area contributed by atoms with E-state index < -0.39 is 0 Å². The van der Waals surface area contributed by atoms with E-state index in [0.717, 1.165) is 29.2 Å². The molecule has 0 radical (unpaired) electrons. The Hall–Kier alpha value is -1.38. The molecular formula is C12H21N7S. The monoisotopic (exact) mass is 295 g/mol. The van der Waals surface area contributed by atoms with Gasteiger partial charge < -0.3 is 0 Å². The molecule has 0 aliphatic rings. The fourth-order valence-electron chi connectivity index (χ4n) is 2.15. The smallest absolute Gasteiger partial charge is 0.138 e. The minimum absolute atomic E-state index is 0.0294. The lowest BCUT2D eigenvalue weighted by molar-refractivity contribution is 0.469. The van der Waals surface area contributed by atoms with E-state index in [1.165, 1.54) is 11.5 Å². The maximum atomic E-state index is 5.72. The number of rotatable bonds is 7. The molecule has 0 amide bonds. The highest BCUT2D eigenvalue weighted by Crippen LogP contribution is 2.24. The van der Waals surface area contributed by atoms with Crippen LogP contribution in [0.15, 0.2) is 6.33 Å². The largest absolute Gasteiger partial charge is 0.271 e. The predicted octanol–water partition coefficient (Wildman–Crippen LogP) is 1.41. The molecule has 0 bridgehead atoms. The number of hydrogen-bond acceptors (Lipinski definition) is 7. The van der Waals surface area contributed by atoms with E-state index >= 15 is 0 Å². The van der Waals surface area contributed by atoms with Crippen molar-refractivity contribution in [3.8, 4) is 0 Å². The van der Waals surface area contributed by atoms with Crippen LogP contribution in [0.1, 0.15) is 55.7 Å². The first-order valence-electron chi connectivity index (χ1n) is 6.83. The summed E-state index contributed by atoms with van der Waals surface area (Å²) in [6, 6.07) is 0.249. The molecule has 7 nitrogen and oxygen atoms in total. The standard InChI is InChI=1S/C12H21N7S/c1-4-5-9-12(20-18-17-9)10(16-13)6-11-14-7-15-19(11)8(2)3/h7-8,10,16H,4-6,13H2,1-3H3. The lowest BCUT2D eigenvalue weighted by atomic mass is 10.1. The van der Waals surface area contributed by atoms with Crippen LogP contribution in [0.3, 0.4) is 0 Å². The molecule has 2 aromatic rings. The summed E-state index contributed by atoms with van der Waals surface area (Å²) in [5.41, 5.74) is 3.88. The van der Waals surface area contributed by atoms with Crippen molar-refractivity contribution in [3.05, 3.63) is 22.7 Å². The average Bonchev–Trinajstić information content (AvgIpc) is 3.05. The Morgan fingerprint density at radius 1 is 1.45 bits per heavy atom. The fourth-order valence-corrected chi connectivity index (χ4v) is 2.91. The third-order valence-electron chi connectivity index (χ3n) is 3.11. The molecule has 1 unspecified atom stereocenters. The van der Waals surface area contributed by atoms with Gasteiger partial charge in [-0.1, -0.05) is 17.8 Å². The van der Waals surface area contributed by atoms with Crippen LogP contribution in [-0.4, -0.2) is 24.4 Å². The zero-order valence-corrected chi connectivity index (χ0v) is 12.9. The normalized spacial score (nSPS) is 13.1. The third-order valence-corrected chi connectivity index (χ3v) is 3.99. The summed E-state index contributed by atoms with van der Waals surface area (Å²) < 4.78 is 5.96. The lowest BCUT2D eigenvalue weighted by Crippen LogP contribution is -2.30. The van der Waals surface area contributed by atoms with Crippen molar-refractivity contribution in [1.82, 2.24) is 29.8 Å². The SMILES string of the molecule is CCCc1nnsc1C(Cc1ncnn1C(C)C)NN. The summed E-state index contributed by atoms with van der Waals surface area (Å²) in [5.74, 6) is 6.63. The van der Waals surface area contributed by atoms with Crippen molar-refractivity contribution >= 4 is 11.5 Å². The van der Waals surface area contributed by atoms with Crippen LogP contribution in [0, 0.1) is 0 Å². The van der Waals surface area contributed by atoms with Crippen molar-refractivity contribution in [3.63, 3.8) is 0 Å². The molecule has 0 aromatic carbocycles. The first kappa shape index (κ1) is 15.0. The molecule has 110 valence electrons. The topological polar surface area (TPSA) is 94.5 Å². The Labute approximate surface area is 122 Å². The van der Waals surface area contributed by atoms with Gasteiger partial charge in [0.2, 0.25) is 0 Å². The maximum absolute atomic E-state index is 5.72. The summed E-state index contributed by atoms with van der Waals surface area (Å²) in [7, 11) is 0. The van der Waals surface area contributed by atoms with Gasteiger partial charge >= 0.3 is 0 Å². The van der Waals surface area contributed by atoms with Crippen molar-refractivity contribution in [1.29, 1.82) is 0 Å². The van der Waals surface area contributed by atoms with Crippen molar-refractivity contribution in [2.24, 2.45) is 5.84 Å². The number of nitrogens with one attached hydrogen (secondary N) is 1. The van der Waals surface area contributed by atoms with Gasteiger partial charge in [0.15, 0.2) is 0 Å². The fraction of sp³-hybridized carbons (Fsp3) is 0.667. The second kappa shape index (κ2) is 6.87. The number of nitrogens with zero attached hydrogens (tertiary/aromatic N) is 5. The molecule has 0 aliphatic carbocycles. The quantitative estimate of drug-likeness (QED) is 0.592. The average molecular weight is 295 g/mol. The molecule has 0 aliphatic heterocycles. The second-order valence-electron chi connectivity index (χ2n) is 4.97. The maximum Gasteiger partial charge on any atom is 0.138 e. The molecule has 8 heteroatoms. The minimum Gasteiger partial charge on any atom is -0.271 e. The molecule has 0 fully saturated rings. The van der Waals surface area contributed by atoms with Gasteiger partial charge in [0.1, 0.15) is 12.2 Å². The number of aromatic nitrogens is 5. The first-order valence-corrected chi connectivity index (χ1v) is 7.60. The Morgan fingerprint density at radius 3 is 2.90 bits per heavy atom. The van der Waals surface area contributed by atoms with Crippen LogP contribution < -0.4 is 11.3 Å². The van der Waals surface area contributed by atoms with E-state index in [9.17, 15) is 0 Å². The van der Waals surface area contributed by atoms with E-state index in [1.807, 2.05) is 4.68 Å². The van der Waals surface area contributed by atoms with Crippen LogP contribution >= 0.6 is 11.5 Å². The van der Waals surface area contributed by atoms with Gasteiger partial charge in [-0.3, -0.25) is 11.3 Å². The Bertz CT molecular complexity index is 533. The summed E-state index contributed by atoms with van der Waals surface area (Å²) >= 11 is 1.40. The molecule has 0 saturated carbocycles. The summed E-state index contributed by atoms with van der Waals surface area (Å²) in [4.78, 5) is 5.42. The molecule has 2 rings (SSSR count). The summed E-state index contributed by atoms with van der Waals surface area (Å²) in [6.45, 7) is 6.29. The van der Waals surface area contributed by atoms with Crippen molar-refractivity contribution in [2.45, 2.75) is 52.1 Å². The van der Waals surface area contributed by atoms with E-state index in [-0.39, 0.29) is 12.1 Å². The van der Waals surface area contributed by atoms with E-state index in [4.69, 9.17) is 5.84 Å². The van der Waals surface area contributed by atoms with Crippen LogP contribution in [0.2, 0.25) is 0 Å². The van der Waals surface area contributed by atoms with Crippen molar-refractivity contribution in [2.75, 3.05) is 0 Å². The van der Waals surface area contributed by atoms with Gasteiger partial charge in [-0.05, 0) is 31.8 Å². The number of hydrogen-bond donors (Lipinski definition) is 2. The molecule has 2 aromatic heterocycles. The highest BCUT2D eigenvalue weighted by Gasteiger charge is 2.21. The van der Waals surface area contributed by atoms with Gasteiger partial charge in [-0.2, -0.15) is 5.10 Å². The Kier molecular flexibility index (Phi) is 5.16. The number of hydrazine groups is 1. The summed E-state index contributed by atoms with van der Waals surface area (Å²) in [6.07, 6.45) is 4.22. The molecule has 0 saturated heterocycles. The zero-order chi connectivity index (χ0) is 14.5. The highest BCUT2D eigenvalue weighted by molar-refractivity contribution is 7.05. The van der Waals surface area contributed by atoms with Crippen LogP contribution in [0.25, 0.3) is 0 Å². The van der Waals surface area contributed by atoms with E-state index in [1.54, 1.807) is 6.33 Å². The van der Waals surface area contributed by atoms with Crippen LogP contribution in [0.5, 0.6) is 0 Å². The van der Waals surface area contributed by atoms with Gasteiger partial charge in [-0.25, -0.2) is 9.67 Å². The van der Waals surface area contributed by atoms with Crippen molar-refractivity contribution < 1.29 is 0 Å². The van der Waals surface area contributed by atoms with Gasteiger partial charge in [0, 0.05) is 12.5 Å². The molecule has 20 heavy (non-hydrogen) atoms. The first-order chi connectivity index (χ1) is 9.67. The van der Waals surface area contributed by atoms with Gasteiger partial charge in [0.25, 0.3) is 0 Å². The van der Waals surface area contributed by atoms with Crippen LogP contribution in [-0.2, 0) is 12.8 Å². The Balaban J connectivity index is 2.20. The minimum atomic E-state index is -0.0294. The lowest BCUT2D eigenvalue weighted by Gasteiger charge is -2.16. The third kappa shape index (κ3) is 3.20. The molecule has 0 spiro atoms. The molecular weight excluding hydrogens is 274 g/mol. The zero-order valence-electron chi connectivity index (χ0n) is 12.1. The van der Waals surface area contributed by atoms with Gasteiger partial charge in [-0.15, -0.1) is 5.10 Å². The highest BCUT2D eigenvalue weighted by atomic mass is 32.1. The predicted molar refractivity (Wildman–Crippen MR) is 78.1 cm³/mol. The molecule has 1 atom stereocenters. The van der Waals surface area contributed by atoms with E-state index in [2.05, 4.69) is 45.9 Å². The van der Waals surface area contributed by atoms with E-state index in [0.29, 0.717) is 6.42 Å². The molecule has 3 N–H and O–H groups in total. The van der Waals surface area contributed by atoms with Gasteiger partial charge in [0.05, 0.1) is 16.6 Å². The number of aryl methyl sites for hydroxylation is 1. The Morgan fingerprint density at radius 2 is 2.25 bits per heavy atom. The molecule has 2 heterocycles. The number of nitrogens with two attached hydrogens (primary N) is 1. The summed E-state index contributed by atoms with van der Waals surface area (Å²) in [5, 5.41) is 8.44.